The number of benzene rings is 2. The second-order valence-corrected chi connectivity index (χ2v) is 5.21. The van der Waals surface area contributed by atoms with Crippen molar-refractivity contribution >= 4 is 32.0 Å². The van der Waals surface area contributed by atoms with Gasteiger partial charge in [-0.05, 0) is 34.0 Å². The fraction of sp³-hybridized carbons (Fsp3) is 0.118. The highest BCUT2D eigenvalue weighted by molar-refractivity contribution is 9.15. The first-order valence-corrected chi connectivity index (χ1v) is 7.03. The summed E-state index contributed by atoms with van der Waals surface area (Å²) in [5, 5.41) is 0. The van der Waals surface area contributed by atoms with Gasteiger partial charge in [-0.15, -0.1) is 0 Å². The lowest BCUT2D eigenvalue weighted by molar-refractivity contribution is -0.133. The molecule has 102 valence electrons. The molecule has 0 atom stereocenters. The number of esters is 1. The molecular weight excluding hydrogens is 316 g/mol. The number of halogens is 1. The third-order valence-electron chi connectivity index (χ3n) is 2.98. The molecular formula is C17H15BrO2. The Labute approximate surface area is 127 Å². The minimum Gasteiger partial charge on any atom is -0.465 e. The molecule has 2 rings (SSSR count). The van der Waals surface area contributed by atoms with Crippen LogP contribution in [0.1, 0.15) is 16.7 Å². The molecule has 0 heterocycles. The van der Waals surface area contributed by atoms with Gasteiger partial charge < -0.3 is 4.74 Å². The first-order chi connectivity index (χ1) is 9.63. The highest BCUT2D eigenvalue weighted by Gasteiger charge is 2.17. The lowest BCUT2D eigenvalue weighted by Gasteiger charge is -2.10. The van der Waals surface area contributed by atoms with Crippen LogP contribution >= 0.6 is 15.9 Å². The van der Waals surface area contributed by atoms with Gasteiger partial charge >= 0.3 is 5.97 Å². The number of carbonyl (C=O) groups is 1. The monoisotopic (exact) mass is 330 g/mol. The molecule has 0 aliphatic heterocycles. The number of aryl methyl sites for hydroxylation is 1. The van der Waals surface area contributed by atoms with E-state index in [4.69, 9.17) is 4.74 Å². The molecule has 0 aliphatic rings. The van der Waals surface area contributed by atoms with Crippen LogP contribution in [0.5, 0.6) is 0 Å². The van der Waals surface area contributed by atoms with Crippen molar-refractivity contribution in [1.82, 2.24) is 0 Å². The van der Waals surface area contributed by atoms with Crippen LogP contribution in [0, 0.1) is 6.92 Å². The minimum absolute atomic E-state index is 0.357. The minimum atomic E-state index is -0.357. The zero-order valence-corrected chi connectivity index (χ0v) is 13.0. The Kier molecular flexibility index (Phi) is 4.74. The largest absolute Gasteiger partial charge is 0.465 e. The van der Waals surface area contributed by atoms with Gasteiger partial charge in [0.05, 0.1) is 12.7 Å². The molecule has 0 aliphatic carbocycles. The van der Waals surface area contributed by atoms with Crippen molar-refractivity contribution in [2.24, 2.45) is 0 Å². The van der Waals surface area contributed by atoms with Gasteiger partial charge in [0, 0.05) is 4.48 Å². The predicted molar refractivity (Wildman–Crippen MR) is 85.4 cm³/mol. The summed E-state index contributed by atoms with van der Waals surface area (Å²) in [6.07, 6.45) is 0. The highest BCUT2D eigenvalue weighted by atomic mass is 79.9. The van der Waals surface area contributed by atoms with Crippen molar-refractivity contribution in [3.8, 4) is 0 Å². The van der Waals surface area contributed by atoms with Gasteiger partial charge in [0.1, 0.15) is 0 Å². The van der Waals surface area contributed by atoms with Crippen molar-refractivity contribution in [1.29, 1.82) is 0 Å². The quantitative estimate of drug-likeness (QED) is 0.472. The molecule has 0 spiro atoms. The maximum atomic E-state index is 12.1. The maximum absolute atomic E-state index is 12.1. The average molecular weight is 331 g/mol. The van der Waals surface area contributed by atoms with E-state index in [2.05, 4.69) is 15.9 Å². The second-order valence-electron chi connectivity index (χ2n) is 4.41. The van der Waals surface area contributed by atoms with Crippen LogP contribution in [0.2, 0.25) is 0 Å². The van der Waals surface area contributed by atoms with Gasteiger partial charge in [-0.25, -0.2) is 4.79 Å². The summed E-state index contributed by atoms with van der Waals surface area (Å²) in [6.45, 7) is 2.01. The van der Waals surface area contributed by atoms with Crippen molar-refractivity contribution in [3.05, 3.63) is 71.3 Å². The topological polar surface area (TPSA) is 26.3 Å². The fourth-order valence-corrected chi connectivity index (χ4v) is 2.54. The van der Waals surface area contributed by atoms with E-state index in [1.807, 2.05) is 61.5 Å². The summed E-state index contributed by atoms with van der Waals surface area (Å²) in [5.74, 6) is -0.357. The third kappa shape index (κ3) is 3.17. The van der Waals surface area contributed by atoms with Crippen LogP contribution < -0.4 is 0 Å². The Morgan fingerprint density at radius 1 is 0.950 bits per heavy atom. The standard InChI is InChI=1S/C17H15BrO2/c1-12-8-10-13(11-9-12)15(17(19)20-2)16(18)14-6-4-3-5-7-14/h3-11H,1-2H3/b16-15-. The number of methoxy groups -OCH3 is 1. The average Bonchev–Trinajstić information content (AvgIpc) is 2.50. The molecule has 0 amide bonds. The molecule has 0 fully saturated rings. The predicted octanol–water partition coefficient (Wildman–Crippen LogP) is 4.43. The van der Waals surface area contributed by atoms with E-state index in [0.717, 1.165) is 21.2 Å². The Morgan fingerprint density at radius 3 is 2.10 bits per heavy atom. The zero-order valence-electron chi connectivity index (χ0n) is 11.4. The maximum Gasteiger partial charge on any atom is 0.339 e. The number of ether oxygens (including phenoxy) is 1. The van der Waals surface area contributed by atoms with Gasteiger partial charge in [0.15, 0.2) is 0 Å². The summed E-state index contributed by atoms with van der Waals surface area (Å²) < 4.78 is 5.64. The first-order valence-electron chi connectivity index (χ1n) is 6.24. The lowest BCUT2D eigenvalue weighted by atomic mass is 10.0. The number of hydrogen-bond acceptors (Lipinski definition) is 2. The van der Waals surface area contributed by atoms with E-state index >= 15 is 0 Å². The van der Waals surface area contributed by atoms with Gasteiger partial charge in [-0.3, -0.25) is 0 Å². The Bertz CT molecular complexity index is 628. The summed E-state index contributed by atoms with van der Waals surface area (Å²) in [6, 6.07) is 17.5. The Hall–Kier alpha value is -1.87. The van der Waals surface area contributed by atoms with Gasteiger partial charge in [-0.1, -0.05) is 60.2 Å². The van der Waals surface area contributed by atoms with Gasteiger partial charge in [0.2, 0.25) is 0 Å². The third-order valence-corrected chi connectivity index (χ3v) is 3.83. The molecule has 0 aromatic heterocycles. The highest BCUT2D eigenvalue weighted by Crippen LogP contribution is 2.32. The molecule has 0 bridgehead atoms. The van der Waals surface area contributed by atoms with Crippen LogP contribution in [0.25, 0.3) is 10.1 Å². The van der Waals surface area contributed by atoms with Crippen LogP contribution in [0.15, 0.2) is 54.6 Å². The summed E-state index contributed by atoms with van der Waals surface area (Å²) in [4.78, 5) is 12.1. The zero-order chi connectivity index (χ0) is 14.5. The van der Waals surface area contributed by atoms with Crippen molar-refractivity contribution in [2.45, 2.75) is 6.92 Å². The Balaban J connectivity index is 2.58. The molecule has 0 unspecified atom stereocenters. The summed E-state index contributed by atoms with van der Waals surface area (Å²) in [5.41, 5.74) is 3.44. The molecule has 2 aromatic rings. The lowest BCUT2D eigenvalue weighted by Crippen LogP contribution is -2.05. The Morgan fingerprint density at radius 2 is 1.55 bits per heavy atom. The molecule has 0 saturated heterocycles. The normalized spacial score (nSPS) is 11.8. The van der Waals surface area contributed by atoms with Crippen LogP contribution in [-0.4, -0.2) is 13.1 Å². The van der Waals surface area contributed by atoms with Gasteiger partial charge in [0.25, 0.3) is 0 Å². The van der Waals surface area contributed by atoms with E-state index in [1.54, 1.807) is 0 Å². The molecule has 3 heteroatoms. The van der Waals surface area contributed by atoms with Crippen LogP contribution in [0.3, 0.4) is 0 Å². The van der Waals surface area contributed by atoms with E-state index in [0.29, 0.717) is 5.57 Å². The number of carbonyl (C=O) groups excluding carboxylic acids is 1. The molecule has 0 N–H and O–H groups in total. The van der Waals surface area contributed by atoms with E-state index in [-0.39, 0.29) is 5.97 Å². The molecule has 20 heavy (non-hydrogen) atoms. The number of hydrogen-bond donors (Lipinski definition) is 0. The summed E-state index contributed by atoms with van der Waals surface area (Å²) >= 11 is 3.53. The summed E-state index contributed by atoms with van der Waals surface area (Å²) in [7, 11) is 1.39. The fourth-order valence-electron chi connectivity index (χ4n) is 1.89. The smallest absolute Gasteiger partial charge is 0.339 e. The molecule has 2 nitrogen and oxygen atoms in total. The van der Waals surface area contributed by atoms with Gasteiger partial charge in [-0.2, -0.15) is 0 Å². The van der Waals surface area contributed by atoms with Crippen molar-refractivity contribution < 1.29 is 9.53 Å². The second kappa shape index (κ2) is 6.53. The SMILES string of the molecule is COC(=O)/C(=C(\Br)c1ccccc1)c1ccc(C)cc1. The molecule has 2 aromatic carbocycles. The van der Waals surface area contributed by atoms with Crippen LogP contribution in [0.4, 0.5) is 0 Å². The van der Waals surface area contributed by atoms with E-state index in [9.17, 15) is 4.79 Å². The molecule has 0 radical (unpaired) electrons. The van der Waals surface area contributed by atoms with Crippen LogP contribution in [-0.2, 0) is 9.53 Å². The number of rotatable bonds is 3. The molecule has 0 saturated carbocycles. The van der Waals surface area contributed by atoms with Crippen molar-refractivity contribution in [3.63, 3.8) is 0 Å². The first kappa shape index (κ1) is 14.5. The van der Waals surface area contributed by atoms with E-state index < -0.39 is 0 Å². The van der Waals surface area contributed by atoms with Crippen molar-refractivity contribution in [2.75, 3.05) is 7.11 Å². The van der Waals surface area contributed by atoms with E-state index in [1.165, 1.54) is 7.11 Å².